The van der Waals surface area contributed by atoms with Gasteiger partial charge in [-0.1, -0.05) is 90.5 Å². The van der Waals surface area contributed by atoms with E-state index in [4.69, 9.17) is 0 Å². The van der Waals surface area contributed by atoms with Crippen LogP contribution in [-0.4, -0.2) is 24.4 Å². The van der Waals surface area contributed by atoms with Crippen molar-refractivity contribution < 1.29 is 4.79 Å². The summed E-state index contributed by atoms with van der Waals surface area (Å²) >= 11 is 0. The summed E-state index contributed by atoms with van der Waals surface area (Å²) in [7, 11) is 1.97. The van der Waals surface area contributed by atoms with Crippen molar-refractivity contribution in [2.45, 2.75) is 19.5 Å². The molecule has 27 heavy (non-hydrogen) atoms. The molecule has 0 spiro atoms. The number of nitrogens with zero attached hydrogens (tertiary/aromatic N) is 1. The normalized spacial score (nSPS) is 11.0. The van der Waals surface area contributed by atoms with Gasteiger partial charge in [0.1, 0.15) is 0 Å². The first kappa shape index (κ1) is 18.9. The van der Waals surface area contributed by atoms with E-state index >= 15 is 0 Å². The lowest BCUT2D eigenvalue weighted by Gasteiger charge is -2.22. The topological polar surface area (TPSA) is 32.3 Å². The van der Waals surface area contributed by atoms with Crippen LogP contribution < -0.4 is 5.32 Å². The number of hydrogen-bond donors (Lipinski definition) is 1. The Morgan fingerprint density at radius 2 is 1.37 bits per heavy atom. The second-order valence-corrected chi connectivity index (χ2v) is 6.98. The summed E-state index contributed by atoms with van der Waals surface area (Å²) in [5, 5.41) is 3.19. The quantitative estimate of drug-likeness (QED) is 0.682. The van der Waals surface area contributed by atoms with Crippen molar-refractivity contribution in [1.29, 1.82) is 0 Å². The Bertz CT molecular complexity index is 805. The molecule has 1 amide bonds. The molecule has 3 nitrogen and oxygen atoms in total. The van der Waals surface area contributed by atoms with Gasteiger partial charge in [-0.3, -0.25) is 9.69 Å². The number of amides is 1. The monoisotopic (exact) mass is 358 g/mol. The highest BCUT2D eigenvalue weighted by atomic mass is 16.2. The molecule has 0 aliphatic rings. The highest BCUT2D eigenvalue weighted by Crippen LogP contribution is 2.21. The van der Waals surface area contributed by atoms with Crippen molar-refractivity contribution >= 4 is 5.91 Å². The van der Waals surface area contributed by atoms with E-state index in [-0.39, 0.29) is 11.9 Å². The van der Waals surface area contributed by atoms with Crippen molar-refractivity contribution in [3.63, 3.8) is 0 Å². The van der Waals surface area contributed by atoms with Crippen LogP contribution in [0.5, 0.6) is 0 Å². The molecule has 0 radical (unpaired) electrons. The first-order valence-electron chi connectivity index (χ1n) is 9.25. The Morgan fingerprint density at radius 3 is 1.89 bits per heavy atom. The lowest BCUT2D eigenvalue weighted by Crippen LogP contribution is -2.37. The number of likely N-dealkylation sites (N-methyl/N-ethyl adjacent to an activating group) is 1. The Hall–Kier alpha value is -2.91. The molecule has 0 saturated carbocycles. The predicted octanol–water partition coefficient (Wildman–Crippen LogP) is 4.33. The van der Waals surface area contributed by atoms with Crippen LogP contribution in [0.4, 0.5) is 0 Å². The molecule has 0 unspecified atom stereocenters. The van der Waals surface area contributed by atoms with E-state index in [1.807, 2.05) is 72.6 Å². The molecule has 0 heterocycles. The molecule has 0 atom stereocenters. The second-order valence-electron chi connectivity index (χ2n) is 6.98. The average Bonchev–Trinajstić information content (AvgIpc) is 2.69. The Balaban J connectivity index is 1.66. The standard InChI is InChI=1S/C24H26N2O/c1-19-13-15-20(16-14-19)17-26(2)18-23(27)25-24(21-9-5-3-6-10-21)22-11-7-4-8-12-22/h3-16,24H,17-18H2,1-2H3,(H,25,27). The third-order valence-corrected chi connectivity index (χ3v) is 4.56. The number of carbonyl (C=O) groups is 1. The van der Waals surface area contributed by atoms with Gasteiger partial charge in [-0.25, -0.2) is 0 Å². The molecule has 3 heteroatoms. The van der Waals surface area contributed by atoms with Gasteiger partial charge in [0, 0.05) is 6.54 Å². The molecule has 0 fully saturated rings. The van der Waals surface area contributed by atoms with Gasteiger partial charge in [-0.15, -0.1) is 0 Å². The molecule has 138 valence electrons. The number of nitrogens with one attached hydrogen (secondary N) is 1. The van der Waals surface area contributed by atoms with Crippen LogP contribution in [0.3, 0.4) is 0 Å². The number of carbonyl (C=O) groups excluding carboxylic acids is 1. The van der Waals surface area contributed by atoms with Crippen LogP contribution in [0.1, 0.15) is 28.3 Å². The van der Waals surface area contributed by atoms with Crippen molar-refractivity contribution in [2.24, 2.45) is 0 Å². The van der Waals surface area contributed by atoms with E-state index in [9.17, 15) is 4.79 Å². The summed E-state index contributed by atoms with van der Waals surface area (Å²) in [5.41, 5.74) is 4.61. The number of aryl methyl sites for hydroxylation is 1. The van der Waals surface area contributed by atoms with E-state index in [2.05, 4.69) is 36.5 Å². The lowest BCUT2D eigenvalue weighted by atomic mass is 9.99. The van der Waals surface area contributed by atoms with Gasteiger partial charge in [-0.2, -0.15) is 0 Å². The first-order valence-corrected chi connectivity index (χ1v) is 9.25. The third-order valence-electron chi connectivity index (χ3n) is 4.56. The first-order chi connectivity index (χ1) is 13.1. The van der Waals surface area contributed by atoms with Crippen molar-refractivity contribution in [3.8, 4) is 0 Å². The molecule has 0 aliphatic heterocycles. The zero-order valence-electron chi connectivity index (χ0n) is 15.9. The minimum atomic E-state index is -0.146. The summed E-state index contributed by atoms with van der Waals surface area (Å²) in [5.74, 6) is 0.0160. The van der Waals surface area contributed by atoms with E-state index in [1.54, 1.807) is 0 Å². The summed E-state index contributed by atoms with van der Waals surface area (Å²) in [6.07, 6.45) is 0. The Kier molecular flexibility index (Phi) is 6.39. The molecule has 0 saturated heterocycles. The number of rotatable bonds is 7. The van der Waals surface area contributed by atoms with E-state index < -0.39 is 0 Å². The number of benzene rings is 3. The highest BCUT2D eigenvalue weighted by Gasteiger charge is 2.17. The fourth-order valence-electron chi connectivity index (χ4n) is 3.16. The molecule has 0 aromatic heterocycles. The van der Waals surface area contributed by atoms with Crippen LogP contribution in [0.25, 0.3) is 0 Å². The highest BCUT2D eigenvalue weighted by molar-refractivity contribution is 5.79. The van der Waals surface area contributed by atoms with Crippen molar-refractivity contribution in [2.75, 3.05) is 13.6 Å². The summed E-state index contributed by atoms with van der Waals surface area (Å²) in [4.78, 5) is 14.7. The zero-order chi connectivity index (χ0) is 19.1. The molecule has 3 aromatic carbocycles. The largest absolute Gasteiger partial charge is 0.344 e. The predicted molar refractivity (Wildman–Crippen MR) is 110 cm³/mol. The van der Waals surface area contributed by atoms with Gasteiger partial charge in [0.05, 0.1) is 12.6 Å². The lowest BCUT2D eigenvalue weighted by molar-refractivity contribution is -0.122. The molecule has 1 N–H and O–H groups in total. The van der Waals surface area contributed by atoms with Crippen molar-refractivity contribution in [1.82, 2.24) is 10.2 Å². The van der Waals surface area contributed by atoms with Crippen molar-refractivity contribution in [3.05, 3.63) is 107 Å². The second kappa shape index (κ2) is 9.15. The minimum absolute atomic E-state index is 0.0160. The van der Waals surface area contributed by atoms with Crippen LogP contribution in [0, 0.1) is 6.92 Å². The molecule has 3 aromatic rings. The maximum Gasteiger partial charge on any atom is 0.234 e. The van der Waals surface area contributed by atoms with Gasteiger partial charge < -0.3 is 5.32 Å². The average molecular weight is 358 g/mol. The van der Waals surface area contributed by atoms with E-state index in [0.29, 0.717) is 6.54 Å². The summed E-state index contributed by atoms with van der Waals surface area (Å²) in [6.45, 7) is 3.17. The summed E-state index contributed by atoms with van der Waals surface area (Å²) in [6, 6.07) is 28.5. The molecule has 3 rings (SSSR count). The summed E-state index contributed by atoms with van der Waals surface area (Å²) < 4.78 is 0. The Morgan fingerprint density at radius 1 is 0.852 bits per heavy atom. The molecule has 0 aliphatic carbocycles. The zero-order valence-corrected chi connectivity index (χ0v) is 15.9. The Labute approximate surface area is 161 Å². The van der Waals surface area contributed by atoms with Gasteiger partial charge in [-0.05, 0) is 30.7 Å². The molecule has 0 bridgehead atoms. The fraction of sp³-hybridized carbons (Fsp3) is 0.208. The molecular formula is C24H26N2O. The van der Waals surface area contributed by atoms with Crippen LogP contribution >= 0.6 is 0 Å². The maximum atomic E-state index is 12.7. The van der Waals surface area contributed by atoms with E-state index in [1.165, 1.54) is 11.1 Å². The van der Waals surface area contributed by atoms with E-state index in [0.717, 1.165) is 17.7 Å². The molecular weight excluding hydrogens is 332 g/mol. The SMILES string of the molecule is Cc1ccc(CN(C)CC(=O)NC(c2ccccc2)c2ccccc2)cc1. The minimum Gasteiger partial charge on any atom is -0.344 e. The van der Waals surface area contributed by atoms with Gasteiger partial charge >= 0.3 is 0 Å². The third kappa shape index (κ3) is 5.53. The van der Waals surface area contributed by atoms with Gasteiger partial charge in [0.2, 0.25) is 5.91 Å². The van der Waals surface area contributed by atoms with Gasteiger partial charge in [0.15, 0.2) is 0 Å². The van der Waals surface area contributed by atoms with Crippen LogP contribution in [0.15, 0.2) is 84.9 Å². The van der Waals surface area contributed by atoms with Crippen LogP contribution in [-0.2, 0) is 11.3 Å². The maximum absolute atomic E-state index is 12.7. The van der Waals surface area contributed by atoms with Crippen LogP contribution in [0.2, 0.25) is 0 Å². The fourth-order valence-corrected chi connectivity index (χ4v) is 3.16. The van der Waals surface area contributed by atoms with Gasteiger partial charge in [0.25, 0.3) is 0 Å². The smallest absolute Gasteiger partial charge is 0.234 e. The number of hydrogen-bond acceptors (Lipinski definition) is 2.